The Morgan fingerprint density at radius 1 is 1.44 bits per heavy atom. The number of hydrogen-bond acceptors (Lipinski definition) is 4. The van der Waals surface area contributed by atoms with Crippen LogP contribution >= 0.6 is 0 Å². The van der Waals surface area contributed by atoms with Crippen LogP contribution in [0.1, 0.15) is 0 Å². The van der Waals surface area contributed by atoms with Crippen molar-refractivity contribution in [2.75, 3.05) is 33.4 Å². The zero-order chi connectivity index (χ0) is 11.2. The van der Waals surface area contributed by atoms with Crippen molar-refractivity contribution >= 4 is 0 Å². The Hall–Kier alpha value is -1.26. The molecule has 0 radical (unpaired) electrons. The monoisotopic (exact) mass is 223 g/mol. The minimum Gasteiger partial charge on any atom is -0.497 e. The van der Waals surface area contributed by atoms with Crippen molar-refractivity contribution < 1.29 is 14.2 Å². The van der Waals surface area contributed by atoms with Crippen molar-refractivity contribution in [2.24, 2.45) is 0 Å². The summed E-state index contributed by atoms with van der Waals surface area (Å²) in [6.07, 6.45) is 0.139. The van der Waals surface area contributed by atoms with Crippen molar-refractivity contribution in [1.29, 1.82) is 0 Å². The van der Waals surface area contributed by atoms with Gasteiger partial charge in [-0.1, -0.05) is 6.07 Å². The molecule has 0 amide bonds. The zero-order valence-corrected chi connectivity index (χ0v) is 9.44. The summed E-state index contributed by atoms with van der Waals surface area (Å²) in [4.78, 5) is 0. The maximum atomic E-state index is 5.64. The topological polar surface area (TPSA) is 39.7 Å². The van der Waals surface area contributed by atoms with Gasteiger partial charge in [0.2, 0.25) is 0 Å². The third kappa shape index (κ3) is 3.12. The highest BCUT2D eigenvalue weighted by Crippen LogP contribution is 2.19. The highest BCUT2D eigenvalue weighted by Gasteiger charge is 2.13. The van der Waals surface area contributed by atoms with Gasteiger partial charge in [-0.15, -0.1) is 0 Å². The number of rotatable bonds is 4. The quantitative estimate of drug-likeness (QED) is 0.828. The fourth-order valence-corrected chi connectivity index (χ4v) is 1.61. The van der Waals surface area contributed by atoms with Crippen LogP contribution in [0, 0.1) is 0 Å². The fourth-order valence-electron chi connectivity index (χ4n) is 1.61. The molecule has 2 rings (SSSR count). The van der Waals surface area contributed by atoms with Crippen molar-refractivity contribution in [1.82, 2.24) is 5.32 Å². The first kappa shape index (κ1) is 11.2. The Balaban J connectivity index is 1.83. The van der Waals surface area contributed by atoms with Gasteiger partial charge >= 0.3 is 0 Å². The number of morpholine rings is 1. The summed E-state index contributed by atoms with van der Waals surface area (Å²) in [5, 5.41) is 3.26. The Morgan fingerprint density at radius 2 is 2.31 bits per heavy atom. The van der Waals surface area contributed by atoms with Gasteiger partial charge in [-0.05, 0) is 12.1 Å². The van der Waals surface area contributed by atoms with E-state index in [1.807, 2.05) is 24.3 Å². The first-order valence-electron chi connectivity index (χ1n) is 5.47. The molecule has 0 spiro atoms. The average Bonchev–Trinajstić information content (AvgIpc) is 2.38. The molecule has 1 aromatic rings. The van der Waals surface area contributed by atoms with Gasteiger partial charge in [-0.2, -0.15) is 0 Å². The highest BCUT2D eigenvalue weighted by atomic mass is 16.5. The molecular formula is C12H17NO3. The predicted octanol–water partition coefficient (Wildman–Crippen LogP) is 1.06. The number of hydrogen-bond donors (Lipinski definition) is 1. The van der Waals surface area contributed by atoms with Crippen LogP contribution in [-0.2, 0) is 4.74 Å². The molecule has 1 aliphatic rings. The van der Waals surface area contributed by atoms with Gasteiger partial charge in [0.1, 0.15) is 24.2 Å². The van der Waals surface area contributed by atoms with E-state index in [-0.39, 0.29) is 6.10 Å². The number of methoxy groups -OCH3 is 1. The molecule has 1 aliphatic heterocycles. The van der Waals surface area contributed by atoms with Gasteiger partial charge in [0, 0.05) is 19.2 Å². The molecule has 1 fully saturated rings. The summed E-state index contributed by atoms with van der Waals surface area (Å²) in [7, 11) is 1.65. The van der Waals surface area contributed by atoms with Gasteiger partial charge in [0.25, 0.3) is 0 Å². The van der Waals surface area contributed by atoms with Crippen LogP contribution in [0.4, 0.5) is 0 Å². The second-order valence-corrected chi connectivity index (χ2v) is 3.69. The molecule has 0 saturated carbocycles. The van der Waals surface area contributed by atoms with Crippen LogP contribution in [-0.4, -0.2) is 39.5 Å². The minimum atomic E-state index is 0.139. The van der Waals surface area contributed by atoms with E-state index in [4.69, 9.17) is 14.2 Å². The van der Waals surface area contributed by atoms with E-state index in [1.165, 1.54) is 0 Å². The van der Waals surface area contributed by atoms with Crippen LogP contribution < -0.4 is 14.8 Å². The van der Waals surface area contributed by atoms with Gasteiger partial charge in [-0.3, -0.25) is 0 Å². The molecule has 1 saturated heterocycles. The molecule has 1 heterocycles. The molecule has 1 atom stereocenters. The summed E-state index contributed by atoms with van der Waals surface area (Å²) in [6, 6.07) is 7.59. The maximum Gasteiger partial charge on any atom is 0.123 e. The maximum absolute atomic E-state index is 5.64. The fraction of sp³-hybridized carbons (Fsp3) is 0.500. The van der Waals surface area contributed by atoms with Crippen LogP contribution in [0.3, 0.4) is 0 Å². The van der Waals surface area contributed by atoms with E-state index in [0.29, 0.717) is 6.61 Å². The molecule has 88 valence electrons. The van der Waals surface area contributed by atoms with Crippen molar-refractivity contribution in [2.45, 2.75) is 6.10 Å². The lowest BCUT2D eigenvalue weighted by molar-refractivity contribution is 0.000159. The van der Waals surface area contributed by atoms with Crippen LogP contribution in [0.25, 0.3) is 0 Å². The van der Waals surface area contributed by atoms with E-state index in [9.17, 15) is 0 Å². The lowest BCUT2D eigenvalue weighted by atomic mass is 10.3. The van der Waals surface area contributed by atoms with Crippen molar-refractivity contribution in [3.63, 3.8) is 0 Å². The van der Waals surface area contributed by atoms with E-state index >= 15 is 0 Å². The lowest BCUT2D eigenvalue weighted by Crippen LogP contribution is -2.41. The Labute approximate surface area is 95.5 Å². The Kier molecular flexibility index (Phi) is 4.02. The molecular weight excluding hydrogens is 206 g/mol. The third-order valence-corrected chi connectivity index (χ3v) is 2.48. The molecule has 16 heavy (non-hydrogen) atoms. The normalized spacial score (nSPS) is 20.4. The second kappa shape index (κ2) is 5.72. The van der Waals surface area contributed by atoms with Crippen molar-refractivity contribution in [3.05, 3.63) is 24.3 Å². The van der Waals surface area contributed by atoms with E-state index in [0.717, 1.165) is 31.2 Å². The van der Waals surface area contributed by atoms with E-state index < -0.39 is 0 Å². The van der Waals surface area contributed by atoms with Gasteiger partial charge in [0.05, 0.1) is 13.7 Å². The minimum absolute atomic E-state index is 0.139. The second-order valence-electron chi connectivity index (χ2n) is 3.69. The van der Waals surface area contributed by atoms with E-state index in [2.05, 4.69) is 5.32 Å². The van der Waals surface area contributed by atoms with Gasteiger partial charge in [0.15, 0.2) is 0 Å². The summed E-state index contributed by atoms with van der Waals surface area (Å²) in [5.74, 6) is 1.62. The van der Waals surface area contributed by atoms with Gasteiger partial charge < -0.3 is 19.5 Å². The number of nitrogens with one attached hydrogen (secondary N) is 1. The number of benzene rings is 1. The number of ether oxygens (including phenoxy) is 3. The molecule has 0 aromatic heterocycles. The summed E-state index contributed by atoms with van der Waals surface area (Å²) in [6.45, 7) is 3.10. The third-order valence-electron chi connectivity index (χ3n) is 2.48. The molecule has 0 bridgehead atoms. The largest absolute Gasteiger partial charge is 0.497 e. The Bertz CT molecular complexity index is 324. The first-order valence-corrected chi connectivity index (χ1v) is 5.47. The molecule has 4 heteroatoms. The van der Waals surface area contributed by atoms with Crippen LogP contribution in [0.5, 0.6) is 11.5 Å². The molecule has 1 N–H and O–H groups in total. The summed E-state index contributed by atoms with van der Waals surface area (Å²) in [5.41, 5.74) is 0. The zero-order valence-electron chi connectivity index (χ0n) is 9.44. The van der Waals surface area contributed by atoms with Crippen LogP contribution in [0.2, 0.25) is 0 Å². The molecule has 0 aliphatic carbocycles. The average molecular weight is 223 g/mol. The Morgan fingerprint density at radius 3 is 3.06 bits per heavy atom. The molecule has 4 nitrogen and oxygen atoms in total. The summed E-state index contributed by atoms with van der Waals surface area (Å²) < 4.78 is 16.3. The molecule has 1 aromatic carbocycles. The summed E-state index contributed by atoms with van der Waals surface area (Å²) >= 11 is 0. The van der Waals surface area contributed by atoms with Crippen LogP contribution in [0.15, 0.2) is 24.3 Å². The van der Waals surface area contributed by atoms with Gasteiger partial charge in [-0.25, -0.2) is 0 Å². The first-order chi connectivity index (χ1) is 7.88. The lowest BCUT2D eigenvalue weighted by Gasteiger charge is -2.23. The standard InChI is InChI=1S/C12H17NO3/c1-14-10-3-2-4-11(7-10)16-9-12-8-13-5-6-15-12/h2-4,7,12-13H,5-6,8-9H2,1H3/t12-/m0/s1. The van der Waals surface area contributed by atoms with E-state index in [1.54, 1.807) is 7.11 Å². The highest BCUT2D eigenvalue weighted by molar-refractivity contribution is 5.32. The smallest absolute Gasteiger partial charge is 0.123 e. The molecule has 0 unspecified atom stereocenters. The van der Waals surface area contributed by atoms with Crippen molar-refractivity contribution in [3.8, 4) is 11.5 Å². The SMILES string of the molecule is COc1cccc(OC[C@@H]2CNCCO2)c1. The predicted molar refractivity (Wildman–Crippen MR) is 61.1 cm³/mol.